The molecule has 8 heteroatoms. The molecule has 0 aliphatic carbocycles. The van der Waals surface area contributed by atoms with Gasteiger partial charge in [-0.1, -0.05) is 27.7 Å². The first kappa shape index (κ1) is 17.3. The van der Waals surface area contributed by atoms with Crippen LogP contribution in [0.4, 0.5) is 0 Å². The molecule has 0 radical (unpaired) electrons. The predicted octanol–water partition coefficient (Wildman–Crippen LogP) is 3.05. The molecule has 3 rings (SSSR count). The molecule has 1 fully saturated rings. The maximum absolute atomic E-state index is 12.3. The number of aromatic hydroxyl groups is 1. The molecule has 0 atom stereocenters. The van der Waals surface area contributed by atoms with Gasteiger partial charge in [0.15, 0.2) is 11.0 Å². The molecule has 128 valence electrons. The van der Waals surface area contributed by atoms with Crippen molar-refractivity contribution >= 4 is 33.6 Å². The Morgan fingerprint density at radius 2 is 2.04 bits per heavy atom. The van der Waals surface area contributed by atoms with Crippen molar-refractivity contribution in [1.29, 1.82) is 0 Å². The van der Waals surface area contributed by atoms with Crippen molar-refractivity contribution in [2.75, 3.05) is 18.8 Å². The Hall–Kier alpha value is -1.54. The average Bonchev–Trinajstić information content (AvgIpc) is 2.96. The number of likely N-dealkylation sites (tertiary alicyclic amines) is 1. The summed E-state index contributed by atoms with van der Waals surface area (Å²) in [6.07, 6.45) is 3.39. The fraction of sp³-hybridized carbons (Fsp3) is 0.438. The standard InChI is InChI=1S/C16H19BrN4O2S/c1-20-15(12-9-11(17)5-6-13(12)22)18-19-16(20)24-10-14(23)21-7-3-2-4-8-21/h5-6,9,22H,2-4,7-8,10H2,1H3. The quantitative estimate of drug-likeness (QED) is 0.784. The third-order valence-electron chi connectivity index (χ3n) is 4.07. The van der Waals surface area contributed by atoms with Crippen molar-refractivity contribution in [2.24, 2.45) is 7.05 Å². The van der Waals surface area contributed by atoms with Crippen LogP contribution in [0.25, 0.3) is 11.4 Å². The van der Waals surface area contributed by atoms with Gasteiger partial charge in [0, 0.05) is 24.6 Å². The van der Waals surface area contributed by atoms with Crippen LogP contribution in [-0.4, -0.2) is 49.5 Å². The normalized spacial score (nSPS) is 14.8. The Bertz CT molecular complexity index is 744. The average molecular weight is 411 g/mol. The molecule has 1 aromatic heterocycles. The number of carbonyl (C=O) groups excluding carboxylic acids is 1. The van der Waals surface area contributed by atoms with Crippen LogP contribution in [0.5, 0.6) is 5.75 Å². The summed E-state index contributed by atoms with van der Waals surface area (Å²) in [5, 5.41) is 19.0. The van der Waals surface area contributed by atoms with Crippen LogP contribution < -0.4 is 0 Å². The summed E-state index contributed by atoms with van der Waals surface area (Å²) in [7, 11) is 1.84. The van der Waals surface area contributed by atoms with Gasteiger partial charge in [-0.05, 0) is 37.5 Å². The fourth-order valence-corrected chi connectivity index (χ4v) is 3.90. The molecule has 1 amide bonds. The molecule has 0 spiro atoms. The Kier molecular flexibility index (Phi) is 5.45. The number of hydrogen-bond acceptors (Lipinski definition) is 5. The van der Waals surface area contributed by atoms with Crippen LogP contribution in [0.15, 0.2) is 27.8 Å². The van der Waals surface area contributed by atoms with Gasteiger partial charge in [0.25, 0.3) is 0 Å². The Morgan fingerprint density at radius 3 is 2.79 bits per heavy atom. The molecule has 24 heavy (non-hydrogen) atoms. The summed E-state index contributed by atoms with van der Waals surface area (Å²) in [6.45, 7) is 1.71. The number of thioether (sulfide) groups is 1. The highest BCUT2D eigenvalue weighted by Crippen LogP contribution is 2.32. The van der Waals surface area contributed by atoms with Crippen molar-refractivity contribution in [2.45, 2.75) is 24.4 Å². The molecule has 1 aliphatic heterocycles. The highest BCUT2D eigenvalue weighted by molar-refractivity contribution is 9.10. The van der Waals surface area contributed by atoms with Crippen LogP contribution >= 0.6 is 27.7 Å². The van der Waals surface area contributed by atoms with Gasteiger partial charge >= 0.3 is 0 Å². The van der Waals surface area contributed by atoms with Gasteiger partial charge < -0.3 is 14.6 Å². The molecular formula is C16H19BrN4O2S. The number of halogens is 1. The molecule has 1 aliphatic rings. The summed E-state index contributed by atoms with van der Waals surface area (Å²) in [5.41, 5.74) is 0.605. The summed E-state index contributed by atoms with van der Waals surface area (Å²) >= 11 is 4.77. The monoisotopic (exact) mass is 410 g/mol. The number of aromatic nitrogens is 3. The highest BCUT2D eigenvalue weighted by Gasteiger charge is 2.19. The van der Waals surface area contributed by atoms with Crippen LogP contribution in [0.1, 0.15) is 19.3 Å². The van der Waals surface area contributed by atoms with E-state index in [1.807, 2.05) is 11.9 Å². The van der Waals surface area contributed by atoms with Gasteiger partial charge in [-0.25, -0.2) is 0 Å². The fourth-order valence-electron chi connectivity index (χ4n) is 2.72. The first-order valence-corrected chi connectivity index (χ1v) is 9.63. The minimum absolute atomic E-state index is 0.148. The Labute approximate surface area is 153 Å². The van der Waals surface area contributed by atoms with Crippen molar-refractivity contribution in [3.63, 3.8) is 0 Å². The third-order valence-corrected chi connectivity index (χ3v) is 5.57. The van der Waals surface area contributed by atoms with E-state index in [1.165, 1.54) is 18.2 Å². The van der Waals surface area contributed by atoms with E-state index in [9.17, 15) is 9.90 Å². The third kappa shape index (κ3) is 3.75. The van der Waals surface area contributed by atoms with E-state index in [2.05, 4.69) is 26.1 Å². The van der Waals surface area contributed by atoms with Crippen molar-refractivity contribution in [3.8, 4) is 17.1 Å². The topological polar surface area (TPSA) is 71.2 Å². The second-order valence-corrected chi connectivity index (χ2v) is 7.61. The maximum atomic E-state index is 12.3. The van der Waals surface area contributed by atoms with Gasteiger partial charge in [0.05, 0.1) is 11.3 Å². The minimum atomic E-state index is 0.148. The summed E-state index contributed by atoms with van der Waals surface area (Å²) in [4.78, 5) is 14.2. The number of hydrogen-bond donors (Lipinski definition) is 1. The SMILES string of the molecule is Cn1c(SCC(=O)N2CCCCC2)nnc1-c1cc(Br)ccc1O. The van der Waals surface area contributed by atoms with Gasteiger partial charge in [-0.2, -0.15) is 0 Å². The molecule has 1 saturated heterocycles. The Balaban J connectivity index is 1.71. The molecule has 2 aromatic rings. The Morgan fingerprint density at radius 1 is 1.29 bits per heavy atom. The van der Waals surface area contributed by atoms with E-state index >= 15 is 0 Å². The smallest absolute Gasteiger partial charge is 0.233 e. The predicted molar refractivity (Wildman–Crippen MR) is 97.0 cm³/mol. The zero-order chi connectivity index (χ0) is 17.1. The molecule has 6 nitrogen and oxygen atoms in total. The maximum Gasteiger partial charge on any atom is 0.233 e. The number of rotatable bonds is 4. The molecule has 0 bridgehead atoms. The number of phenols is 1. The van der Waals surface area contributed by atoms with E-state index in [0.717, 1.165) is 30.4 Å². The number of amides is 1. The second kappa shape index (κ2) is 7.57. The lowest BCUT2D eigenvalue weighted by molar-refractivity contribution is -0.129. The zero-order valence-corrected chi connectivity index (χ0v) is 15.8. The van der Waals surface area contributed by atoms with Crippen LogP contribution in [-0.2, 0) is 11.8 Å². The van der Waals surface area contributed by atoms with Crippen LogP contribution in [0, 0.1) is 0 Å². The second-order valence-electron chi connectivity index (χ2n) is 5.76. The number of piperidine rings is 1. The number of benzene rings is 1. The van der Waals surface area contributed by atoms with E-state index in [0.29, 0.717) is 22.3 Å². The summed E-state index contributed by atoms with van der Waals surface area (Å²) < 4.78 is 2.66. The largest absolute Gasteiger partial charge is 0.507 e. The number of carbonyl (C=O) groups is 1. The van der Waals surface area contributed by atoms with E-state index in [4.69, 9.17) is 0 Å². The molecule has 0 saturated carbocycles. The molecular weight excluding hydrogens is 392 g/mol. The zero-order valence-electron chi connectivity index (χ0n) is 13.4. The van der Waals surface area contributed by atoms with Gasteiger partial charge in [-0.3, -0.25) is 4.79 Å². The van der Waals surface area contributed by atoms with E-state index in [-0.39, 0.29) is 11.7 Å². The summed E-state index contributed by atoms with van der Waals surface area (Å²) in [6, 6.07) is 5.18. The van der Waals surface area contributed by atoms with Crippen molar-refractivity contribution in [1.82, 2.24) is 19.7 Å². The van der Waals surface area contributed by atoms with Crippen LogP contribution in [0.2, 0.25) is 0 Å². The first-order valence-electron chi connectivity index (χ1n) is 7.85. The minimum Gasteiger partial charge on any atom is -0.507 e. The lowest BCUT2D eigenvalue weighted by atomic mass is 10.1. The first-order chi connectivity index (χ1) is 11.6. The van der Waals surface area contributed by atoms with Crippen molar-refractivity contribution < 1.29 is 9.90 Å². The lowest BCUT2D eigenvalue weighted by Gasteiger charge is -2.26. The molecule has 1 N–H and O–H groups in total. The van der Waals surface area contributed by atoms with E-state index < -0.39 is 0 Å². The lowest BCUT2D eigenvalue weighted by Crippen LogP contribution is -2.36. The van der Waals surface area contributed by atoms with Gasteiger partial charge in [-0.15, -0.1) is 10.2 Å². The highest BCUT2D eigenvalue weighted by atomic mass is 79.9. The molecule has 1 aromatic carbocycles. The summed E-state index contributed by atoms with van der Waals surface area (Å²) in [5.74, 6) is 1.22. The number of phenolic OH excluding ortho intramolecular Hbond substituents is 1. The van der Waals surface area contributed by atoms with Crippen molar-refractivity contribution in [3.05, 3.63) is 22.7 Å². The van der Waals surface area contributed by atoms with Crippen LogP contribution in [0.3, 0.4) is 0 Å². The molecule has 0 unspecified atom stereocenters. The van der Waals surface area contributed by atoms with Gasteiger partial charge in [0.1, 0.15) is 5.75 Å². The molecule has 2 heterocycles. The van der Waals surface area contributed by atoms with Gasteiger partial charge in [0.2, 0.25) is 5.91 Å². The number of nitrogens with zero attached hydrogens (tertiary/aromatic N) is 4. The van der Waals surface area contributed by atoms with E-state index in [1.54, 1.807) is 22.8 Å².